The van der Waals surface area contributed by atoms with Gasteiger partial charge in [0.2, 0.25) is 0 Å². The summed E-state index contributed by atoms with van der Waals surface area (Å²) in [5, 5.41) is 12.0. The molecule has 0 saturated carbocycles. The number of carboxylic acids is 1. The second kappa shape index (κ2) is 7.15. The molecule has 6 heteroatoms. The van der Waals surface area contributed by atoms with Crippen LogP contribution in [0.25, 0.3) is 0 Å². The van der Waals surface area contributed by atoms with Crippen molar-refractivity contribution in [3.05, 3.63) is 16.1 Å². The number of thiazole rings is 1. The number of aliphatic carboxylic acids is 1. The molecule has 0 aromatic carbocycles. The third-order valence-corrected chi connectivity index (χ3v) is 3.73. The van der Waals surface area contributed by atoms with Crippen molar-refractivity contribution < 1.29 is 9.90 Å². The summed E-state index contributed by atoms with van der Waals surface area (Å²) in [5.74, 6) is -0.795. The summed E-state index contributed by atoms with van der Waals surface area (Å²) in [6, 6.07) is 0. The van der Waals surface area contributed by atoms with Crippen LogP contribution < -0.4 is 0 Å². The van der Waals surface area contributed by atoms with Crippen LogP contribution in [-0.2, 0) is 16.8 Å². The average molecular weight is 299 g/mol. The first-order valence-corrected chi connectivity index (χ1v) is 7.60. The highest BCUT2D eigenvalue weighted by Gasteiger charge is 2.19. The van der Waals surface area contributed by atoms with Crippen LogP contribution in [0.15, 0.2) is 5.38 Å². The van der Waals surface area contributed by atoms with Crippen LogP contribution >= 0.6 is 11.3 Å². The maximum Gasteiger partial charge on any atom is 0.317 e. The molecule has 5 nitrogen and oxygen atoms in total. The van der Waals surface area contributed by atoms with Crippen LogP contribution in [0.3, 0.4) is 0 Å². The van der Waals surface area contributed by atoms with Crippen LogP contribution in [-0.4, -0.2) is 59.6 Å². The molecule has 0 unspecified atom stereocenters. The summed E-state index contributed by atoms with van der Waals surface area (Å²) in [6.45, 7) is 8.61. The van der Waals surface area contributed by atoms with Gasteiger partial charge in [0, 0.05) is 23.9 Å². The highest BCUT2D eigenvalue weighted by molar-refractivity contribution is 7.09. The van der Waals surface area contributed by atoms with Gasteiger partial charge < -0.3 is 10.0 Å². The van der Waals surface area contributed by atoms with Gasteiger partial charge in [-0.15, -0.1) is 11.3 Å². The first kappa shape index (κ1) is 17.1. The van der Waals surface area contributed by atoms with Gasteiger partial charge in [-0.05, 0) is 14.1 Å². The summed E-state index contributed by atoms with van der Waals surface area (Å²) < 4.78 is 0. The van der Waals surface area contributed by atoms with E-state index in [1.807, 2.05) is 19.0 Å². The summed E-state index contributed by atoms with van der Waals surface area (Å²) in [6.07, 6.45) is 0. The monoisotopic (exact) mass is 299 g/mol. The minimum absolute atomic E-state index is 0.0377. The van der Waals surface area contributed by atoms with E-state index < -0.39 is 5.97 Å². The number of nitrogens with zero attached hydrogens (tertiary/aromatic N) is 3. The lowest BCUT2D eigenvalue weighted by Crippen LogP contribution is -2.35. The molecular formula is C14H25N3O2S. The largest absolute Gasteiger partial charge is 0.480 e. The first-order chi connectivity index (χ1) is 9.18. The van der Waals surface area contributed by atoms with Gasteiger partial charge in [-0.1, -0.05) is 20.8 Å². The molecule has 0 aliphatic heterocycles. The molecule has 0 atom stereocenters. The molecule has 1 aromatic heterocycles. The molecule has 0 radical (unpaired) electrons. The third-order valence-electron chi connectivity index (χ3n) is 2.90. The minimum Gasteiger partial charge on any atom is -0.480 e. The Kier molecular flexibility index (Phi) is 6.10. The van der Waals surface area contributed by atoms with E-state index in [0.717, 1.165) is 23.8 Å². The Morgan fingerprint density at radius 1 is 1.35 bits per heavy atom. The lowest BCUT2D eigenvalue weighted by Gasteiger charge is -2.21. The second-order valence-electron chi connectivity index (χ2n) is 6.28. The lowest BCUT2D eigenvalue weighted by molar-refractivity contribution is -0.138. The fourth-order valence-corrected chi connectivity index (χ4v) is 2.73. The van der Waals surface area contributed by atoms with E-state index in [2.05, 4.69) is 36.0 Å². The first-order valence-electron chi connectivity index (χ1n) is 6.72. The van der Waals surface area contributed by atoms with E-state index >= 15 is 0 Å². The van der Waals surface area contributed by atoms with Crippen molar-refractivity contribution in [1.29, 1.82) is 0 Å². The number of carboxylic acid groups (broad SMARTS) is 1. The average Bonchev–Trinajstić information content (AvgIpc) is 2.73. The van der Waals surface area contributed by atoms with Crippen molar-refractivity contribution in [3.8, 4) is 0 Å². The Balaban J connectivity index is 2.68. The summed E-state index contributed by atoms with van der Waals surface area (Å²) in [4.78, 5) is 19.5. The molecule has 1 N–H and O–H groups in total. The van der Waals surface area contributed by atoms with Crippen molar-refractivity contribution in [1.82, 2.24) is 14.8 Å². The molecule has 0 amide bonds. The quantitative estimate of drug-likeness (QED) is 0.833. The zero-order valence-corrected chi connectivity index (χ0v) is 13.8. The van der Waals surface area contributed by atoms with Crippen LogP contribution in [0.2, 0.25) is 0 Å². The van der Waals surface area contributed by atoms with Gasteiger partial charge in [0.15, 0.2) is 0 Å². The van der Waals surface area contributed by atoms with Crippen molar-refractivity contribution >= 4 is 17.3 Å². The number of hydrogen-bond donors (Lipinski definition) is 1. The van der Waals surface area contributed by atoms with Gasteiger partial charge >= 0.3 is 5.97 Å². The Morgan fingerprint density at radius 2 is 2.00 bits per heavy atom. The van der Waals surface area contributed by atoms with E-state index in [1.54, 1.807) is 11.3 Å². The van der Waals surface area contributed by atoms with E-state index in [4.69, 9.17) is 5.11 Å². The fraction of sp³-hybridized carbons (Fsp3) is 0.714. The Labute approximate surface area is 125 Å². The highest BCUT2D eigenvalue weighted by Crippen LogP contribution is 2.24. The molecule has 0 aliphatic carbocycles. The van der Waals surface area contributed by atoms with Gasteiger partial charge in [-0.3, -0.25) is 9.69 Å². The zero-order valence-electron chi connectivity index (χ0n) is 13.0. The number of aromatic nitrogens is 1. The maximum atomic E-state index is 10.9. The maximum absolute atomic E-state index is 10.9. The molecule has 1 rings (SSSR count). The van der Waals surface area contributed by atoms with Gasteiger partial charge in [-0.2, -0.15) is 0 Å². The predicted octanol–water partition coefficient (Wildman–Crippen LogP) is 1.89. The zero-order chi connectivity index (χ0) is 15.3. The minimum atomic E-state index is -0.795. The highest BCUT2D eigenvalue weighted by atomic mass is 32.1. The Morgan fingerprint density at radius 3 is 2.45 bits per heavy atom. The van der Waals surface area contributed by atoms with E-state index in [-0.39, 0.29) is 12.0 Å². The molecule has 0 saturated heterocycles. The number of rotatable bonds is 7. The summed E-state index contributed by atoms with van der Waals surface area (Å²) >= 11 is 1.61. The topological polar surface area (TPSA) is 56.7 Å². The molecule has 114 valence electrons. The van der Waals surface area contributed by atoms with Crippen molar-refractivity contribution in [2.75, 3.05) is 33.7 Å². The molecule has 1 aromatic rings. The molecule has 0 fully saturated rings. The van der Waals surface area contributed by atoms with Crippen molar-refractivity contribution in [2.45, 2.75) is 32.7 Å². The molecule has 20 heavy (non-hydrogen) atoms. The standard InChI is InChI=1S/C14H25N3O2S/c1-14(2,3)11-10-20-12(15-11)8-17(9-13(18)19)7-6-16(4)5/h10H,6-9H2,1-5H3,(H,18,19). The van der Waals surface area contributed by atoms with E-state index in [0.29, 0.717) is 6.54 Å². The number of likely N-dealkylation sites (N-methyl/N-ethyl adjacent to an activating group) is 1. The normalized spacial score (nSPS) is 12.3. The SMILES string of the molecule is CN(C)CCN(CC(=O)O)Cc1nc(C(C)(C)C)cs1. The summed E-state index contributed by atoms with van der Waals surface area (Å²) in [5.41, 5.74) is 1.11. The number of hydrogen-bond acceptors (Lipinski definition) is 5. The van der Waals surface area contributed by atoms with Gasteiger partial charge in [0.05, 0.1) is 18.8 Å². The molecular weight excluding hydrogens is 274 g/mol. The third kappa shape index (κ3) is 5.98. The van der Waals surface area contributed by atoms with Gasteiger partial charge in [0.1, 0.15) is 5.01 Å². The summed E-state index contributed by atoms with van der Waals surface area (Å²) in [7, 11) is 3.97. The van der Waals surface area contributed by atoms with Gasteiger partial charge in [0.25, 0.3) is 0 Å². The molecule has 1 heterocycles. The predicted molar refractivity (Wildman–Crippen MR) is 82.3 cm³/mol. The van der Waals surface area contributed by atoms with Crippen LogP contribution in [0, 0.1) is 0 Å². The molecule has 0 bridgehead atoms. The molecule has 0 aliphatic rings. The second-order valence-corrected chi connectivity index (χ2v) is 7.23. The van der Waals surface area contributed by atoms with Crippen LogP contribution in [0.5, 0.6) is 0 Å². The Hall–Kier alpha value is -0.980. The smallest absolute Gasteiger partial charge is 0.317 e. The van der Waals surface area contributed by atoms with Crippen molar-refractivity contribution in [2.24, 2.45) is 0 Å². The van der Waals surface area contributed by atoms with Crippen molar-refractivity contribution in [3.63, 3.8) is 0 Å². The van der Waals surface area contributed by atoms with Crippen LogP contribution in [0.4, 0.5) is 0 Å². The lowest BCUT2D eigenvalue weighted by atomic mass is 9.93. The number of carbonyl (C=O) groups is 1. The van der Waals surface area contributed by atoms with Crippen LogP contribution in [0.1, 0.15) is 31.5 Å². The fourth-order valence-electron chi connectivity index (χ4n) is 1.67. The Bertz CT molecular complexity index is 438. The van der Waals surface area contributed by atoms with Gasteiger partial charge in [-0.25, -0.2) is 4.98 Å². The van der Waals surface area contributed by atoms with E-state index in [9.17, 15) is 4.79 Å². The molecule has 0 spiro atoms. The van der Waals surface area contributed by atoms with E-state index in [1.165, 1.54) is 0 Å².